The molecule has 0 fully saturated rings. The first-order chi connectivity index (χ1) is 19.0. The molecule has 152 valence electrons. The maximum Gasteiger partial charge on any atom is 0.230 e. The first-order valence-corrected chi connectivity index (χ1v) is 9.30. The van der Waals surface area contributed by atoms with Crippen molar-refractivity contribution in [1.82, 2.24) is 4.98 Å². The monoisotopic (exact) mass is 422 g/mol. The van der Waals surface area contributed by atoms with Gasteiger partial charge in [0.1, 0.15) is 0 Å². The third kappa shape index (κ3) is 6.69. The summed E-state index contributed by atoms with van der Waals surface area (Å²) in [5.74, 6) is -1.09. The number of hydrogen-bond donors (Lipinski definition) is 3. The highest BCUT2D eigenvalue weighted by Crippen LogP contribution is 2.21. The molecular weight excluding hydrogens is 382 g/mol. The third-order valence-electron chi connectivity index (χ3n) is 3.47. The highest BCUT2D eigenvalue weighted by Gasteiger charge is 2.08. The number of benzene rings is 2. The number of aromatic nitrogens is 1. The van der Waals surface area contributed by atoms with Crippen molar-refractivity contribution in [3.05, 3.63) is 76.2 Å². The van der Waals surface area contributed by atoms with Gasteiger partial charge < -0.3 is 16.2 Å². The lowest BCUT2D eigenvalue weighted by molar-refractivity contribution is -0.115. The fourth-order valence-corrected chi connectivity index (χ4v) is 2.67. The molecule has 4 N–H and O–H groups in total. The van der Waals surface area contributed by atoms with E-state index in [-0.39, 0.29) is 27.6 Å². The standard InChI is InChI=1S/C23H27N3O2S/c1-16-5-4-7-18(13-16)21(27)8-3-2-6-17-9-11-19(12-10-17)25-22(28)14-20-15-29-23(24)26-20/h4-5,7,9-13,15,21,27H,2-3,6,8,14H2,1H3,(H2,24,26)(H,25,28)/t21-/m0/s1/i2D2,4D,5D,6D2,7D,8D2,13D,14D2,21D. The Morgan fingerprint density at radius 1 is 1.41 bits per heavy atom. The normalized spacial score (nSPS) is 21.5. The second kappa shape index (κ2) is 10.2. The van der Waals surface area contributed by atoms with Crippen LogP contribution in [-0.2, 0) is 17.5 Å². The van der Waals surface area contributed by atoms with Crippen LogP contribution in [0.15, 0.2) is 53.8 Å². The molecular formula is C23H27N3O2S. The van der Waals surface area contributed by atoms with Gasteiger partial charge in [-0.05, 0) is 49.3 Å². The number of aryl methyl sites for hydroxylation is 1. The highest BCUT2D eigenvalue weighted by molar-refractivity contribution is 7.13. The number of carbonyl (C=O) groups excluding carboxylic acids is 1. The lowest BCUT2D eigenvalue weighted by Crippen LogP contribution is -2.14. The molecule has 0 aliphatic heterocycles. The van der Waals surface area contributed by atoms with Crippen molar-refractivity contribution in [3.63, 3.8) is 0 Å². The first kappa shape index (κ1) is 9.87. The molecule has 0 bridgehead atoms. The summed E-state index contributed by atoms with van der Waals surface area (Å²) in [6.07, 6.45) is -16.8. The van der Waals surface area contributed by atoms with Crippen molar-refractivity contribution in [2.45, 2.75) is 44.9 Å². The zero-order valence-electron chi connectivity index (χ0n) is 28.4. The van der Waals surface area contributed by atoms with Gasteiger partial charge in [0.05, 0.1) is 25.0 Å². The Balaban J connectivity index is 1.87. The van der Waals surface area contributed by atoms with Gasteiger partial charge in [0.15, 0.2) is 5.13 Å². The second-order valence-corrected chi connectivity index (χ2v) is 6.62. The van der Waals surface area contributed by atoms with Crippen LogP contribution in [-0.4, -0.2) is 16.0 Å². The Hall–Kier alpha value is -2.70. The Morgan fingerprint density at radius 3 is 2.93 bits per heavy atom. The Labute approximate surface area is 193 Å². The van der Waals surface area contributed by atoms with Crippen molar-refractivity contribution in [2.75, 3.05) is 11.1 Å². The van der Waals surface area contributed by atoms with Crippen molar-refractivity contribution < 1.29 is 27.7 Å². The van der Waals surface area contributed by atoms with Gasteiger partial charge in [-0.25, -0.2) is 4.98 Å². The smallest absolute Gasteiger partial charge is 0.230 e. The Kier molecular flexibility index (Phi) is 3.47. The number of nitrogens with two attached hydrogens (primary N) is 1. The van der Waals surface area contributed by atoms with Crippen LogP contribution in [0.2, 0.25) is 0 Å². The number of nitrogen functional groups attached to an aromatic ring is 1. The second-order valence-electron chi connectivity index (χ2n) is 5.73. The van der Waals surface area contributed by atoms with Crippen molar-refractivity contribution in [2.24, 2.45) is 0 Å². The zero-order chi connectivity index (χ0) is 32.2. The van der Waals surface area contributed by atoms with Crippen LogP contribution in [0, 0.1) is 6.92 Å². The summed E-state index contributed by atoms with van der Waals surface area (Å²) in [6, 6.07) is 1.61. The predicted molar refractivity (Wildman–Crippen MR) is 119 cm³/mol. The van der Waals surface area contributed by atoms with Crippen molar-refractivity contribution in [1.29, 1.82) is 0 Å². The first-order valence-electron chi connectivity index (χ1n) is 14.9. The number of nitrogens with one attached hydrogen (secondary N) is 1. The summed E-state index contributed by atoms with van der Waals surface area (Å²) >= 11 is 0.950. The number of nitrogens with zero attached hydrogens (tertiary/aromatic N) is 1. The number of hydrogen-bond acceptors (Lipinski definition) is 5. The summed E-state index contributed by atoms with van der Waals surface area (Å²) in [6.45, 7) is 1.23. The summed E-state index contributed by atoms with van der Waals surface area (Å²) in [5, 5.41) is 14.6. The molecule has 0 unspecified atom stereocenters. The van der Waals surface area contributed by atoms with Crippen LogP contribution in [0.5, 0.6) is 0 Å². The molecule has 0 saturated heterocycles. The van der Waals surface area contributed by atoms with Crippen LogP contribution < -0.4 is 11.1 Å². The Morgan fingerprint density at radius 2 is 2.21 bits per heavy atom. The Bertz CT molecular complexity index is 1480. The van der Waals surface area contributed by atoms with E-state index in [9.17, 15) is 9.90 Å². The lowest BCUT2D eigenvalue weighted by atomic mass is 10.00. The largest absolute Gasteiger partial charge is 0.388 e. The summed E-state index contributed by atoms with van der Waals surface area (Å²) in [4.78, 5) is 16.3. The zero-order valence-corrected chi connectivity index (χ0v) is 16.2. The lowest BCUT2D eigenvalue weighted by Gasteiger charge is -2.11. The number of thiazole rings is 1. The molecule has 0 saturated carbocycles. The van der Waals surface area contributed by atoms with E-state index in [0.29, 0.717) is 0 Å². The molecule has 6 heteroatoms. The fraction of sp³-hybridized carbons (Fsp3) is 0.304. The van der Waals surface area contributed by atoms with E-state index in [1.165, 1.54) is 24.4 Å². The van der Waals surface area contributed by atoms with Gasteiger partial charge >= 0.3 is 0 Å². The van der Waals surface area contributed by atoms with E-state index in [1.807, 2.05) is 0 Å². The van der Waals surface area contributed by atoms with Crippen LogP contribution in [0.3, 0.4) is 0 Å². The molecule has 1 aromatic heterocycles. The van der Waals surface area contributed by atoms with E-state index in [2.05, 4.69) is 10.3 Å². The average molecular weight is 423 g/mol. The van der Waals surface area contributed by atoms with Crippen LogP contribution in [0.1, 0.15) is 65.5 Å². The van der Waals surface area contributed by atoms with E-state index in [0.717, 1.165) is 23.5 Å². The SMILES string of the molecule is [2H]c1c([2H])c(C)c([2H])c([C@@]([2H])(O)C([2H])([2H])CC([2H])([2H])C([2H])([2H])c2ccc(NC(=O)C([2H])([2H])c3csc(N)n3)cc2)c1[2H]. The van der Waals surface area contributed by atoms with Crippen molar-refractivity contribution >= 4 is 28.1 Å². The molecule has 29 heavy (non-hydrogen) atoms. The molecule has 1 atom stereocenters. The molecule has 5 nitrogen and oxygen atoms in total. The van der Waals surface area contributed by atoms with E-state index in [4.69, 9.17) is 23.6 Å². The van der Waals surface area contributed by atoms with Gasteiger partial charge in [0.25, 0.3) is 0 Å². The minimum absolute atomic E-state index is 0.0356. The van der Waals surface area contributed by atoms with Gasteiger partial charge in [0, 0.05) is 22.0 Å². The molecule has 2 aromatic carbocycles. The van der Waals surface area contributed by atoms with Gasteiger partial charge in [-0.2, -0.15) is 0 Å². The molecule has 0 spiro atoms. The predicted octanol–water partition coefficient (Wildman–Crippen LogP) is 4.66. The third-order valence-corrected chi connectivity index (χ3v) is 4.14. The summed E-state index contributed by atoms with van der Waals surface area (Å²) < 4.78 is 107. The van der Waals surface area contributed by atoms with Crippen molar-refractivity contribution in [3.8, 4) is 0 Å². The molecule has 1 amide bonds. The maximum atomic E-state index is 12.5. The molecule has 3 aromatic rings. The summed E-state index contributed by atoms with van der Waals surface area (Å²) in [7, 11) is 0. The minimum atomic E-state index is -3.46. The molecule has 0 aliphatic carbocycles. The average Bonchev–Trinajstić information content (AvgIpc) is 3.33. The van der Waals surface area contributed by atoms with Gasteiger partial charge in [0.2, 0.25) is 5.91 Å². The molecule has 0 radical (unpaired) electrons. The highest BCUT2D eigenvalue weighted by atomic mass is 32.1. The topological polar surface area (TPSA) is 88.2 Å². The number of carbonyl (C=O) groups is 1. The number of rotatable bonds is 9. The van der Waals surface area contributed by atoms with Gasteiger partial charge in [-0.1, -0.05) is 48.3 Å². The number of anilines is 2. The minimum Gasteiger partial charge on any atom is -0.388 e. The van der Waals surface area contributed by atoms with E-state index < -0.39 is 73.6 Å². The maximum absolute atomic E-state index is 12.5. The fourth-order valence-electron chi connectivity index (χ4n) is 2.18. The number of aliphatic hydroxyl groups is 1. The van der Waals surface area contributed by atoms with E-state index in [1.54, 1.807) is 0 Å². The van der Waals surface area contributed by atoms with Crippen LogP contribution in [0.4, 0.5) is 10.8 Å². The van der Waals surface area contributed by atoms with Crippen LogP contribution in [0.25, 0.3) is 0 Å². The molecule has 1 heterocycles. The molecule has 3 rings (SSSR count). The van der Waals surface area contributed by atoms with Crippen LogP contribution >= 0.6 is 11.3 Å². The number of amides is 1. The van der Waals surface area contributed by atoms with Gasteiger partial charge in [-0.3, -0.25) is 4.79 Å². The quantitative estimate of drug-likeness (QED) is 0.468. The summed E-state index contributed by atoms with van der Waals surface area (Å²) in [5.41, 5.74) is 3.90. The van der Waals surface area contributed by atoms with E-state index >= 15 is 0 Å². The molecule has 0 aliphatic rings. The van der Waals surface area contributed by atoms with Gasteiger partial charge in [-0.15, -0.1) is 11.3 Å².